The highest BCUT2D eigenvalue weighted by Gasteiger charge is 2.17. The Hall–Kier alpha value is -0.870. The molecule has 4 heteroatoms. The smallest absolute Gasteiger partial charge is 0.175 e. The molecule has 1 N–H and O–H groups in total. The Labute approximate surface area is 90.7 Å². The Morgan fingerprint density at radius 2 is 2.00 bits per heavy atom. The van der Waals surface area contributed by atoms with Gasteiger partial charge >= 0.3 is 0 Å². The molecule has 0 aliphatic carbocycles. The van der Waals surface area contributed by atoms with E-state index in [1.54, 1.807) is 19.1 Å². The molecule has 1 aromatic carbocycles. The normalized spacial score (nSPS) is 13.9. The first-order valence-corrected chi connectivity index (χ1v) is 6.67. The zero-order valence-corrected chi connectivity index (χ0v) is 10.0. The van der Waals surface area contributed by atoms with E-state index in [2.05, 4.69) is 0 Å². The molecule has 15 heavy (non-hydrogen) atoms. The van der Waals surface area contributed by atoms with Crippen LogP contribution < -0.4 is 0 Å². The van der Waals surface area contributed by atoms with Crippen LogP contribution in [0.15, 0.2) is 23.1 Å². The van der Waals surface area contributed by atoms with Crippen molar-refractivity contribution < 1.29 is 13.5 Å². The summed E-state index contributed by atoms with van der Waals surface area (Å²) in [4.78, 5) is 0.323. The third-order valence-corrected chi connectivity index (χ3v) is 3.53. The number of sulfone groups is 1. The van der Waals surface area contributed by atoms with Gasteiger partial charge in [0.05, 0.1) is 4.90 Å². The standard InChI is InChI=1S/C11H16O3S/c1-8-4-5-10(9(2)7-12)11(6-8)15(3,13)14/h4-6,9,12H,7H2,1-3H3. The van der Waals surface area contributed by atoms with Crippen molar-refractivity contribution in [3.8, 4) is 0 Å². The molecule has 1 aromatic rings. The van der Waals surface area contributed by atoms with E-state index >= 15 is 0 Å². The van der Waals surface area contributed by atoms with Gasteiger partial charge in [-0.1, -0.05) is 19.1 Å². The van der Waals surface area contributed by atoms with Gasteiger partial charge in [0, 0.05) is 18.8 Å². The summed E-state index contributed by atoms with van der Waals surface area (Å²) in [6.07, 6.45) is 1.19. The maximum Gasteiger partial charge on any atom is 0.175 e. The number of rotatable bonds is 3. The minimum atomic E-state index is -3.22. The Kier molecular flexibility index (Phi) is 3.52. The van der Waals surface area contributed by atoms with Crippen molar-refractivity contribution in [3.05, 3.63) is 29.3 Å². The molecule has 0 aromatic heterocycles. The van der Waals surface area contributed by atoms with Gasteiger partial charge < -0.3 is 5.11 Å². The van der Waals surface area contributed by atoms with Gasteiger partial charge in [0.2, 0.25) is 0 Å². The second kappa shape index (κ2) is 4.33. The molecule has 1 unspecified atom stereocenters. The number of aryl methyl sites for hydroxylation is 1. The molecule has 3 nitrogen and oxygen atoms in total. The number of aliphatic hydroxyl groups excluding tert-OH is 1. The van der Waals surface area contributed by atoms with Crippen molar-refractivity contribution in [1.29, 1.82) is 0 Å². The first-order chi connectivity index (χ1) is 6.86. The molecule has 0 fully saturated rings. The van der Waals surface area contributed by atoms with Crippen LogP contribution in [0.4, 0.5) is 0 Å². The summed E-state index contributed by atoms with van der Waals surface area (Å²) in [5.41, 5.74) is 1.59. The van der Waals surface area contributed by atoms with E-state index in [9.17, 15) is 8.42 Å². The van der Waals surface area contributed by atoms with Gasteiger partial charge in [-0.2, -0.15) is 0 Å². The zero-order chi connectivity index (χ0) is 11.6. The maximum atomic E-state index is 11.5. The number of aliphatic hydroxyl groups is 1. The van der Waals surface area contributed by atoms with Gasteiger partial charge in [-0.25, -0.2) is 8.42 Å². The summed E-state index contributed by atoms with van der Waals surface area (Å²) in [7, 11) is -3.22. The highest BCUT2D eigenvalue weighted by molar-refractivity contribution is 7.90. The minimum absolute atomic E-state index is 0.0500. The lowest BCUT2D eigenvalue weighted by molar-refractivity contribution is 0.272. The van der Waals surface area contributed by atoms with Crippen molar-refractivity contribution in [2.75, 3.05) is 12.9 Å². The van der Waals surface area contributed by atoms with E-state index in [0.717, 1.165) is 5.56 Å². The van der Waals surface area contributed by atoms with Crippen LogP contribution >= 0.6 is 0 Å². The third-order valence-electron chi connectivity index (χ3n) is 2.37. The van der Waals surface area contributed by atoms with E-state index in [-0.39, 0.29) is 12.5 Å². The number of hydrogen-bond acceptors (Lipinski definition) is 3. The monoisotopic (exact) mass is 228 g/mol. The van der Waals surface area contributed by atoms with Crippen LogP contribution in [0.3, 0.4) is 0 Å². The predicted molar refractivity (Wildman–Crippen MR) is 59.8 cm³/mol. The summed E-state index contributed by atoms with van der Waals surface area (Å²) in [5, 5.41) is 9.05. The van der Waals surface area contributed by atoms with E-state index in [1.165, 1.54) is 6.26 Å². The first-order valence-electron chi connectivity index (χ1n) is 4.77. The van der Waals surface area contributed by atoms with Crippen LogP contribution in [0.5, 0.6) is 0 Å². The summed E-state index contributed by atoms with van der Waals surface area (Å²) in [6.45, 7) is 3.60. The maximum absolute atomic E-state index is 11.5. The van der Waals surface area contributed by atoms with Crippen LogP contribution in [0, 0.1) is 6.92 Å². The lowest BCUT2D eigenvalue weighted by Gasteiger charge is -2.13. The zero-order valence-electron chi connectivity index (χ0n) is 9.19. The van der Waals surface area contributed by atoms with Crippen molar-refractivity contribution in [2.24, 2.45) is 0 Å². The molecule has 0 saturated carbocycles. The molecule has 0 saturated heterocycles. The molecule has 0 spiro atoms. The second-order valence-electron chi connectivity index (χ2n) is 3.90. The Morgan fingerprint density at radius 3 is 2.47 bits per heavy atom. The molecule has 1 rings (SSSR count). The quantitative estimate of drug-likeness (QED) is 0.853. The van der Waals surface area contributed by atoms with Crippen LogP contribution in [-0.2, 0) is 9.84 Å². The van der Waals surface area contributed by atoms with Crippen molar-refractivity contribution >= 4 is 9.84 Å². The molecule has 0 aliphatic rings. The highest BCUT2D eigenvalue weighted by Crippen LogP contribution is 2.24. The fourth-order valence-electron chi connectivity index (χ4n) is 1.47. The fourth-order valence-corrected chi connectivity index (χ4v) is 2.57. The molecule has 1 atom stereocenters. The lowest BCUT2D eigenvalue weighted by Crippen LogP contribution is -2.08. The van der Waals surface area contributed by atoms with Gasteiger partial charge in [-0.3, -0.25) is 0 Å². The van der Waals surface area contributed by atoms with E-state index < -0.39 is 9.84 Å². The van der Waals surface area contributed by atoms with E-state index in [4.69, 9.17) is 5.11 Å². The van der Waals surface area contributed by atoms with Crippen molar-refractivity contribution in [1.82, 2.24) is 0 Å². The average Bonchev–Trinajstić information content (AvgIpc) is 2.15. The summed E-state index contributed by atoms with van der Waals surface area (Å²) in [6, 6.07) is 5.28. The molecule has 0 heterocycles. The molecule has 0 radical (unpaired) electrons. The Bertz CT molecular complexity index is 449. The van der Waals surface area contributed by atoms with Gasteiger partial charge in [-0.05, 0) is 24.1 Å². The van der Waals surface area contributed by atoms with Crippen molar-refractivity contribution in [3.63, 3.8) is 0 Å². The number of benzene rings is 1. The molecule has 0 amide bonds. The van der Waals surface area contributed by atoms with E-state index in [1.807, 2.05) is 13.0 Å². The van der Waals surface area contributed by atoms with Crippen LogP contribution in [0.25, 0.3) is 0 Å². The third kappa shape index (κ3) is 2.79. The first kappa shape index (κ1) is 12.2. The van der Waals surface area contributed by atoms with Gasteiger partial charge in [0.1, 0.15) is 0 Å². The predicted octanol–water partition coefficient (Wildman–Crippen LogP) is 1.49. The molecule has 84 valence electrons. The van der Waals surface area contributed by atoms with Crippen LogP contribution in [0.1, 0.15) is 24.0 Å². The molecular weight excluding hydrogens is 212 g/mol. The second-order valence-corrected chi connectivity index (χ2v) is 5.88. The fraction of sp³-hybridized carbons (Fsp3) is 0.455. The molecule has 0 bridgehead atoms. The summed E-state index contributed by atoms with van der Waals surface area (Å²) < 4.78 is 23.1. The van der Waals surface area contributed by atoms with Gasteiger partial charge in [-0.15, -0.1) is 0 Å². The topological polar surface area (TPSA) is 54.4 Å². The summed E-state index contributed by atoms with van der Waals surface area (Å²) >= 11 is 0. The lowest BCUT2D eigenvalue weighted by atomic mass is 10.0. The summed E-state index contributed by atoms with van der Waals surface area (Å²) in [5.74, 6) is -0.157. The molecular formula is C11H16O3S. The van der Waals surface area contributed by atoms with Crippen LogP contribution in [0.2, 0.25) is 0 Å². The number of hydrogen-bond donors (Lipinski definition) is 1. The largest absolute Gasteiger partial charge is 0.396 e. The van der Waals surface area contributed by atoms with Gasteiger partial charge in [0.25, 0.3) is 0 Å². The molecule has 0 aliphatic heterocycles. The SMILES string of the molecule is Cc1ccc(C(C)CO)c(S(C)(=O)=O)c1. The van der Waals surface area contributed by atoms with Crippen LogP contribution in [-0.4, -0.2) is 26.4 Å². The van der Waals surface area contributed by atoms with E-state index in [0.29, 0.717) is 10.5 Å². The highest BCUT2D eigenvalue weighted by atomic mass is 32.2. The minimum Gasteiger partial charge on any atom is -0.396 e. The van der Waals surface area contributed by atoms with Crippen molar-refractivity contribution in [2.45, 2.75) is 24.7 Å². The Morgan fingerprint density at radius 1 is 1.40 bits per heavy atom. The Balaban J connectivity index is 3.40. The van der Waals surface area contributed by atoms with Gasteiger partial charge in [0.15, 0.2) is 9.84 Å². The average molecular weight is 228 g/mol.